The van der Waals surface area contributed by atoms with Crippen molar-refractivity contribution in [2.75, 3.05) is 29.9 Å². The first-order valence-electron chi connectivity index (χ1n) is 41.0. The average molecular weight is 2010 g/mol. The van der Waals surface area contributed by atoms with Crippen molar-refractivity contribution in [3.05, 3.63) is 427 Å². The van der Waals surface area contributed by atoms with Crippen molar-refractivity contribution >= 4 is 178 Å². The second-order valence-corrected chi connectivity index (χ2v) is 40.5. The Kier molecular flexibility index (Phi) is 25.3. The van der Waals surface area contributed by atoms with E-state index < -0.39 is 0 Å². The van der Waals surface area contributed by atoms with E-state index in [1.54, 1.807) is 0 Å². The number of anilines is 11. The van der Waals surface area contributed by atoms with Crippen LogP contribution in [-0.2, 0) is 10.8 Å². The fourth-order valence-corrected chi connectivity index (χ4v) is 19.9. The van der Waals surface area contributed by atoms with Crippen LogP contribution in [0.2, 0.25) is 5.02 Å². The number of hydrogen-bond donors (Lipinski definition) is 1. The number of benzene rings is 17. The van der Waals surface area contributed by atoms with E-state index in [2.05, 4.69) is 434 Å². The zero-order chi connectivity index (χ0) is 84.3. The summed E-state index contributed by atoms with van der Waals surface area (Å²) in [5, 5.41) is 9.47. The van der Waals surface area contributed by atoms with Gasteiger partial charge in [-0.25, -0.2) is 0 Å². The third kappa shape index (κ3) is 16.8. The number of hydrogen-bond acceptors (Lipinski definition) is 8. The van der Waals surface area contributed by atoms with Crippen molar-refractivity contribution in [3.8, 4) is 67.5 Å². The SMILES string of the molecule is C.CC1(C)c2ccccc2-c2ccc(N(c3cccc(-c4ccccc4)c3)c3ccc4c(c3)Oc3ccccc3N4c3ccc4c(c3)sc3ccccc34)cc21.CC1(C)c2ccccc2-c2ccc(Nc3cccc(-c4ccccc4)c3)cc21.CI.C[I-]I.Cc1ccccc1.Clc1ccc2c(c1)Oc1ccccc1N2c1ccc2c(c1)sc1ccccc12. The number of thiophene rings is 2. The van der Waals surface area contributed by atoms with E-state index in [9.17, 15) is 0 Å². The molecule has 6 nitrogen and oxygen atoms in total. The van der Waals surface area contributed by atoms with Gasteiger partial charge in [-0.2, -0.15) is 0 Å². The minimum absolute atomic E-state index is 0. The summed E-state index contributed by atoms with van der Waals surface area (Å²) in [6.07, 6.45) is 0. The van der Waals surface area contributed by atoms with Crippen LogP contribution in [0.3, 0.4) is 0 Å². The zero-order valence-electron chi connectivity index (χ0n) is 69.0. The minimum Gasteiger partial charge on any atom is -0.453 e. The molecule has 2 aliphatic heterocycles. The zero-order valence-corrected chi connectivity index (χ0v) is 77.9. The monoisotopic (exact) mass is 2000 g/mol. The molecule has 0 spiro atoms. The maximum Gasteiger partial charge on any atom is 0.153 e. The summed E-state index contributed by atoms with van der Waals surface area (Å²) in [4.78, 5) is 11.2. The van der Waals surface area contributed by atoms with Gasteiger partial charge in [0.2, 0.25) is 0 Å². The van der Waals surface area contributed by atoms with Crippen molar-refractivity contribution in [1.29, 1.82) is 0 Å². The van der Waals surface area contributed by atoms with Gasteiger partial charge in [0.1, 0.15) is 0 Å². The molecule has 1 N–H and O–H groups in total. The molecular formula is C112H91ClI3N4O2S2-. The third-order valence-corrected chi connectivity index (χ3v) is 25.8. The number of fused-ring (bicyclic) bond motifs is 16. The Morgan fingerprint density at radius 2 is 0.726 bits per heavy atom. The molecule has 124 heavy (non-hydrogen) atoms. The molecule has 17 aromatic carbocycles. The normalized spacial score (nSPS) is 12.7. The Labute approximate surface area is 774 Å². The summed E-state index contributed by atoms with van der Waals surface area (Å²) < 4.78 is 18.1. The molecule has 0 fully saturated rings. The Bertz CT molecular complexity index is 7090. The van der Waals surface area contributed by atoms with Gasteiger partial charge in [-0.3, -0.25) is 0 Å². The molecule has 0 radical (unpaired) electrons. The van der Waals surface area contributed by atoms with Gasteiger partial charge in [0.15, 0.2) is 23.0 Å². The van der Waals surface area contributed by atoms with E-state index in [0.717, 1.165) is 85.6 Å². The maximum atomic E-state index is 6.80. The van der Waals surface area contributed by atoms with Crippen LogP contribution >= 0.6 is 75.5 Å². The first-order valence-corrected chi connectivity index (χ1v) is 53.6. The first-order chi connectivity index (χ1) is 60.2. The number of alkyl halides is 2. The second-order valence-electron chi connectivity index (χ2n) is 31.6. The second kappa shape index (κ2) is 37.1. The molecule has 12 heteroatoms. The van der Waals surface area contributed by atoms with Crippen LogP contribution in [0.4, 0.5) is 62.6 Å². The molecule has 0 unspecified atom stereocenters. The fourth-order valence-electron chi connectivity index (χ4n) is 17.5. The summed E-state index contributed by atoms with van der Waals surface area (Å²) in [6, 6.07) is 140. The van der Waals surface area contributed by atoms with E-state index in [1.165, 1.54) is 113 Å². The standard InChI is InChI=1S/C51H36N2OS.C27H23N.C24H14ClNOS.C7H8.CH3I2.CH3I.CH4/c1-51(2)43-19-8-6-17-39(43)40-26-23-36(30-44(40)51)52(35-16-12-15-34(29-35)33-13-4-3-5-14-33)37-25-28-46-48(31-37)54-47-21-10-9-20-45(47)53(46)38-24-27-42-41-18-7-11-22-49(41)55-50(42)32-38;1-27(2)25-14-7-6-13-23(25)24-16-15-22(18-26(24)27)28-21-12-8-11-20(17-21)19-9-4-3-5-10-19;25-15-9-12-20-22(13-15)27-21-7-3-2-6-19(21)26(20)16-10-11-18-17-5-1-4-8-23(17)28-24(18)14-16;1-7-5-3-2-4-6-7;1-3-2;1-2;/h3-32H,1-2H3;3-18,28H,1-2H3;1-14H;2-6H,1H3;1H3;1H3;1H4/q;;;;-1;;. The van der Waals surface area contributed by atoms with Gasteiger partial charge in [-0.1, -0.05) is 324 Å². The minimum atomic E-state index is -0.127. The molecule has 0 amide bonds. The van der Waals surface area contributed by atoms with Crippen molar-refractivity contribution in [2.24, 2.45) is 0 Å². The van der Waals surface area contributed by atoms with Gasteiger partial charge < -0.3 is 29.5 Å². The van der Waals surface area contributed by atoms with Crippen molar-refractivity contribution in [3.63, 3.8) is 0 Å². The van der Waals surface area contributed by atoms with Crippen LogP contribution < -0.4 is 46.7 Å². The topological polar surface area (TPSA) is 40.2 Å². The van der Waals surface area contributed by atoms with Crippen LogP contribution in [0.15, 0.2) is 394 Å². The Morgan fingerprint density at radius 3 is 1.27 bits per heavy atom. The molecule has 0 atom stereocenters. The quantitative estimate of drug-likeness (QED) is 0.115. The number of para-hydroxylation sites is 4. The number of halogens is 4. The number of nitrogens with one attached hydrogen (secondary N) is 1. The fraction of sp³-hybridized carbons (Fsp3) is 0.0893. The summed E-state index contributed by atoms with van der Waals surface area (Å²) >= 11 is 15.0. The molecular weight excluding hydrogens is 1910 g/mol. The van der Waals surface area contributed by atoms with E-state index >= 15 is 0 Å². The molecule has 0 bridgehead atoms. The van der Waals surface area contributed by atoms with Crippen LogP contribution in [0.25, 0.3) is 84.9 Å². The summed E-state index contributed by atoms with van der Waals surface area (Å²) in [5.41, 5.74) is 28.6. The Hall–Kier alpha value is -11.5. The van der Waals surface area contributed by atoms with Crippen molar-refractivity contribution < 1.29 is 26.7 Å². The molecule has 0 saturated carbocycles. The van der Waals surface area contributed by atoms with Gasteiger partial charge >= 0.3 is 40.8 Å². The predicted molar refractivity (Wildman–Crippen MR) is 548 cm³/mol. The summed E-state index contributed by atoms with van der Waals surface area (Å²) in [6.45, 7) is 11.4. The molecule has 4 aliphatic rings. The van der Waals surface area contributed by atoms with E-state index in [4.69, 9.17) is 21.1 Å². The number of nitrogens with zero attached hydrogens (tertiary/aromatic N) is 3. The molecule has 19 aromatic rings. The smallest absolute Gasteiger partial charge is 0.153 e. The first kappa shape index (κ1) is 84.7. The molecule has 0 saturated heterocycles. The number of rotatable bonds is 9. The van der Waals surface area contributed by atoms with Gasteiger partial charge in [0, 0.05) is 108 Å². The number of aryl methyl sites for hydroxylation is 1. The van der Waals surface area contributed by atoms with E-state index in [-0.39, 0.29) is 18.3 Å². The van der Waals surface area contributed by atoms with Crippen molar-refractivity contribution in [2.45, 2.75) is 52.9 Å². The van der Waals surface area contributed by atoms with Gasteiger partial charge in [0.25, 0.3) is 0 Å². The summed E-state index contributed by atoms with van der Waals surface area (Å²) in [5.74, 6) is 3.24. The Balaban J connectivity index is 0.000000133. The molecule has 612 valence electrons. The number of ether oxygens (including phenoxy) is 2. The molecule has 2 aromatic heterocycles. The predicted octanol–water partition coefficient (Wildman–Crippen LogP) is 32.5. The van der Waals surface area contributed by atoms with Crippen LogP contribution in [0.1, 0.15) is 62.9 Å². The average Bonchev–Trinajstić information content (AvgIpc) is 1.44. The van der Waals surface area contributed by atoms with Gasteiger partial charge in [0.05, 0.1) is 22.7 Å². The van der Waals surface area contributed by atoms with Gasteiger partial charge in [-0.15, -0.1) is 22.7 Å². The van der Waals surface area contributed by atoms with Crippen molar-refractivity contribution in [1.82, 2.24) is 0 Å². The molecule has 2 aliphatic carbocycles. The van der Waals surface area contributed by atoms with Crippen LogP contribution in [0, 0.1) is 6.92 Å². The van der Waals surface area contributed by atoms with Crippen LogP contribution in [-0.4, -0.2) is 9.86 Å². The Morgan fingerprint density at radius 1 is 0.331 bits per heavy atom. The van der Waals surface area contributed by atoms with E-state index in [0.29, 0.717) is 22.3 Å². The summed E-state index contributed by atoms with van der Waals surface area (Å²) in [7, 11) is 0. The third-order valence-electron chi connectivity index (χ3n) is 23.3. The van der Waals surface area contributed by atoms with Gasteiger partial charge in [-0.05, 0) is 212 Å². The molecule has 4 heterocycles. The maximum absolute atomic E-state index is 6.80. The largest absolute Gasteiger partial charge is 0.453 e. The van der Waals surface area contributed by atoms with Crippen LogP contribution in [0.5, 0.6) is 23.0 Å². The molecule has 23 rings (SSSR count). The van der Waals surface area contributed by atoms with E-state index in [1.807, 2.05) is 88.3 Å².